The minimum atomic E-state index is 0.624. The Bertz CT molecular complexity index is 2470. The van der Waals surface area contributed by atoms with E-state index in [9.17, 15) is 0 Å². The Morgan fingerprint density at radius 2 is 1.27 bits per heavy atom. The summed E-state index contributed by atoms with van der Waals surface area (Å²) in [5, 5.41) is 10.9. The summed E-state index contributed by atoms with van der Waals surface area (Å²) in [6, 6.07) is 50.4. The standard InChI is InChI=1S/C28H26N4.C13H15N.C7H8.C4H5N.C2H6/c1-3-30-27-24-7-5-4-6-23(24)26-25(16-17-31-26)28(27)32-22-14-12-21(13-15-22)20-10-8-19(9-11-20)18-29-2;14-10-11-6-8-13(9-7-11)12-4-2-1-3-5-12;1-7-5-3-2-4-6-7;1-2-4-5-3-1;1-2/h4-17,30-32H,2-3,18H2,1H3;1-2,4,6-9H,3,5,10,14H2;2-6H,1H3;1-5H;1-2H3. The number of aromatic amines is 2. The van der Waals surface area contributed by atoms with Crippen LogP contribution in [0.25, 0.3) is 38.4 Å². The summed E-state index contributed by atoms with van der Waals surface area (Å²) < 4.78 is 0. The third-order valence-corrected chi connectivity index (χ3v) is 9.83. The van der Waals surface area contributed by atoms with Gasteiger partial charge in [0.1, 0.15) is 0 Å². The summed E-state index contributed by atoms with van der Waals surface area (Å²) >= 11 is 0. The summed E-state index contributed by atoms with van der Waals surface area (Å²) in [6.07, 6.45) is 14.6. The Morgan fingerprint density at radius 1 is 0.650 bits per heavy atom. The Morgan fingerprint density at radius 3 is 1.82 bits per heavy atom. The van der Waals surface area contributed by atoms with E-state index in [4.69, 9.17) is 5.73 Å². The molecule has 0 aliphatic heterocycles. The van der Waals surface area contributed by atoms with Crippen LogP contribution in [0.4, 0.5) is 17.1 Å². The molecule has 0 atom stereocenters. The molecule has 2 aromatic heterocycles. The van der Waals surface area contributed by atoms with Gasteiger partial charge in [0.05, 0.1) is 23.4 Å². The van der Waals surface area contributed by atoms with Crippen molar-refractivity contribution < 1.29 is 0 Å². The second-order valence-corrected chi connectivity index (χ2v) is 14.0. The van der Waals surface area contributed by atoms with Gasteiger partial charge in [0, 0.05) is 53.5 Å². The highest BCUT2D eigenvalue weighted by Crippen LogP contribution is 2.41. The van der Waals surface area contributed by atoms with Crippen LogP contribution < -0.4 is 16.4 Å². The van der Waals surface area contributed by atoms with Crippen LogP contribution in [0.15, 0.2) is 187 Å². The van der Waals surface area contributed by atoms with Crippen LogP contribution in [0.5, 0.6) is 0 Å². The molecule has 6 nitrogen and oxygen atoms in total. The van der Waals surface area contributed by atoms with Gasteiger partial charge in [-0.2, -0.15) is 0 Å². The van der Waals surface area contributed by atoms with E-state index in [2.05, 4.69) is 180 Å². The number of nitrogens with one attached hydrogen (secondary N) is 4. The largest absolute Gasteiger partial charge is 0.383 e. The van der Waals surface area contributed by atoms with E-state index in [1.54, 1.807) is 0 Å². The number of aromatic nitrogens is 2. The Balaban J connectivity index is 0.000000198. The number of nitrogens with zero attached hydrogens (tertiary/aromatic N) is 1. The predicted octanol–water partition coefficient (Wildman–Crippen LogP) is 14.3. The van der Waals surface area contributed by atoms with Crippen LogP contribution in [0, 0.1) is 6.92 Å². The van der Waals surface area contributed by atoms with Crippen LogP contribution in [0.1, 0.15) is 55.9 Å². The molecule has 8 aromatic rings. The summed E-state index contributed by atoms with van der Waals surface area (Å²) in [5.41, 5.74) is 18.8. The average Bonchev–Trinajstić information content (AvgIpc) is 4.07. The van der Waals surface area contributed by atoms with E-state index in [1.807, 2.05) is 62.8 Å². The van der Waals surface area contributed by atoms with Crippen molar-refractivity contribution in [2.45, 2.75) is 53.6 Å². The lowest BCUT2D eigenvalue weighted by Crippen LogP contribution is -2.03. The molecule has 1 aliphatic carbocycles. The molecule has 6 aromatic carbocycles. The van der Waals surface area contributed by atoms with Crippen molar-refractivity contribution >= 4 is 51.0 Å². The molecule has 6 heteroatoms. The first-order valence-electron chi connectivity index (χ1n) is 21.0. The number of hydrogen-bond donors (Lipinski definition) is 5. The predicted molar refractivity (Wildman–Crippen MR) is 262 cm³/mol. The quantitative estimate of drug-likeness (QED) is 0.0744. The first-order valence-corrected chi connectivity index (χ1v) is 21.0. The molecule has 0 saturated carbocycles. The maximum Gasteiger partial charge on any atom is 0.0721 e. The topological polar surface area (TPSA) is 94.0 Å². The van der Waals surface area contributed by atoms with Gasteiger partial charge in [0.25, 0.3) is 0 Å². The third-order valence-electron chi connectivity index (χ3n) is 9.83. The van der Waals surface area contributed by atoms with Crippen molar-refractivity contribution in [1.29, 1.82) is 0 Å². The molecule has 9 rings (SSSR count). The van der Waals surface area contributed by atoms with Gasteiger partial charge in [-0.05, 0) is 97.1 Å². The summed E-state index contributed by atoms with van der Waals surface area (Å²) in [7, 11) is 0. The lowest BCUT2D eigenvalue weighted by Gasteiger charge is -2.18. The van der Waals surface area contributed by atoms with Crippen LogP contribution in [-0.4, -0.2) is 23.2 Å². The fourth-order valence-electron chi connectivity index (χ4n) is 6.81. The normalized spacial score (nSPS) is 11.2. The number of hydrogen-bond acceptors (Lipinski definition) is 4. The first kappa shape index (κ1) is 44.2. The van der Waals surface area contributed by atoms with Crippen LogP contribution in [0.2, 0.25) is 0 Å². The van der Waals surface area contributed by atoms with Gasteiger partial charge in [-0.3, -0.25) is 4.99 Å². The van der Waals surface area contributed by atoms with E-state index < -0.39 is 0 Å². The van der Waals surface area contributed by atoms with Gasteiger partial charge in [0.2, 0.25) is 0 Å². The zero-order valence-corrected chi connectivity index (χ0v) is 35.6. The molecule has 0 fully saturated rings. The van der Waals surface area contributed by atoms with E-state index in [0.717, 1.165) is 42.0 Å². The number of anilines is 3. The van der Waals surface area contributed by atoms with Crippen molar-refractivity contribution in [3.05, 3.63) is 205 Å². The average molecular weight is 793 g/mol. The van der Waals surface area contributed by atoms with Crippen molar-refractivity contribution in [2.24, 2.45) is 10.7 Å². The molecule has 0 spiro atoms. The van der Waals surface area contributed by atoms with Crippen LogP contribution >= 0.6 is 0 Å². The van der Waals surface area contributed by atoms with Crippen molar-refractivity contribution in [3.8, 4) is 11.1 Å². The fraction of sp³-hybridized carbons (Fsp3) is 0.167. The van der Waals surface area contributed by atoms with Crippen molar-refractivity contribution in [1.82, 2.24) is 9.97 Å². The smallest absolute Gasteiger partial charge is 0.0721 e. The highest BCUT2D eigenvalue weighted by atomic mass is 15.0. The molecule has 1 aliphatic rings. The van der Waals surface area contributed by atoms with E-state index in [-0.39, 0.29) is 0 Å². The molecule has 60 heavy (non-hydrogen) atoms. The van der Waals surface area contributed by atoms with Crippen molar-refractivity contribution in [3.63, 3.8) is 0 Å². The Labute approximate surface area is 357 Å². The number of fused-ring (bicyclic) bond motifs is 3. The summed E-state index contributed by atoms with van der Waals surface area (Å²) in [6.45, 7) is 13.9. The number of aryl methyl sites for hydroxylation is 1. The van der Waals surface area contributed by atoms with Crippen LogP contribution in [0.3, 0.4) is 0 Å². The molecular weight excluding hydrogens is 733 g/mol. The molecule has 0 amide bonds. The molecule has 306 valence electrons. The summed E-state index contributed by atoms with van der Waals surface area (Å²) in [4.78, 5) is 10.2. The summed E-state index contributed by atoms with van der Waals surface area (Å²) in [5.74, 6) is 0. The molecule has 0 saturated heterocycles. The van der Waals surface area contributed by atoms with Gasteiger partial charge in [-0.1, -0.05) is 153 Å². The van der Waals surface area contributed by atoms with Gasteiger partial charge in [0.15, 0.2) is 0 Å². The SMILES string of the molecule is C=NCc1ccc(-c2ccc(Nc3c(NCC)c4ccccc4c4[nH]ccc34)cc2)cc1.CC.Cc1ccccc1.NCc1ccc(C2=CC=CCC2)cc1.c1cc[nH]c1. The molecule has 0 unspecified atom stereocenters. The molecule has 0 radical (unpaired) electrons. The first-order chi connectivity index (χ1) is 29.6. The van der Waals surface area contributed by atoms with E-state index >= 15 is 0 Å². The zero-order valence-electron chi connectivity index (χ0n) is 35.6. The highest BCUT2D eigenvalue weighted by molar-refractivity contribution is 6.19. The second kappa shape index (κ2) is 24.1. The lowest BCUT2D eigenvalue weighted by molar-refractivity contribution is 1.05. The number of benzene rings is 6. The van der Waals surface area contributed by atoms with Crippen LogP contribution in [-0.2, 0) is 13.1 Å². The van der Waals surface area contributed by atoms with E-state index in [0.29, 0.717) is 13.1 Å². The maximum absolute atomic E-state index is 5.55. The maximum atomic E-state index is 5.55. The molecule has 0 bridgehead atoms. The number of allylic oxidation sites excluding steroid dienone is 4. The Kier molecular flexibility index (Phi) is 17.8. The minimum Gasteiger partial charge on any atom is -0.383 e. The molecule has 2 heterocycles. The van der Waals surface area contributed by atoms with Gasteiger partial charge in [-0.15, -0.1) is 0 Å². The number of H-pyrrole nitrogens is 2. The Hall–Kier alpha value is -6.89. The highest BCUT2D eigenvalue weighted by Gasteiger charge is 2.15. The fourth-order valence-corrected chi connectivity index (χ4v) is 6.81. The monoisotopic (exact) mass is 792 g/mol. The van der Waals surface area contributed by atoms with Gasteiger partial charge < -0.3 is 26.3 Å². The third kappa shape index (κ3) is 12.6. The van der Waals surface area contributed by atoms with Crippen molar-refractivity contribution in [2.75, 3.05) is 17.2 Å². The minimum absolute atomic E-state index is 0.624. The molecular formula is C54H60N6. The number of rotatable bonds is 9. The number of aliphatic imine (C=N–C) groups is 1. The lowest BCUT2D eigenvalue weighted by atomic mass is 9.97. The van der Waals surface area contributed by atoms with Gasteiger partial charge >= 0.3 is 0 Å². The number of nitrogens with two attached hydrogens (primary N) is 1. The van der Waals surface area contributed by atoms with Gasteiger partial charge in [-0.25, -0.2) is 0 Å². The molecule has 6 N–H and O–H groups in total. The second-order valence-electron chi connectivity index (χ2n) is 14.0. The zero-order chi connectivity index (χ0) is 42.4. The van der Waals surface area contributed by atoms with E-state index in [1.165, 1.54) is 55.1 Å².